The number of nitriles is 1. The lowest BCUT2D eigenvalue weighted by Gasteiger charge is -2.32. The van der Waals surface area contributed by atoms with Gasteiger partial charge in [-0.15, -0.1) is 0 Å². The highest BCUT2D eigenvalue weighted by Crippen LogP contribution is 2.44. The van der Waals surface area contributed by atoms with Crippen molar-refractivity contribution in [3.63, 3.8) is 0 Å². The van der Waals surface area contributed by atoms with E-state index in [4.69, 9.17) is 11.3 Å². The molecule has 0 bridgehead atoms. The van der Waals surface area contributed by atoms with E-state index in [0.29, 0.717) is 25.1 Å². The molecule has 2 unspecified atom stereocenters. The molecule has 2 aromatic rings. The van der Waals surface area contributed by atoms with Crippen molar-refractivity contribution in [2.75, 3.05) is 37.7 Å². The summed E-state index contributed by atoms with van der Waals surface area (Å²) in [6, 6.07) is 17.7. The fraction of sp³-hybridized carbons (Fsp3) is 0.333. The number of fused-ring (bicyclic) bond motifs is 1. The summed E-state index contributed by atoms with van der Waals surface area (Å²) in [5.74, 6) is -0.614. The maximum atomic E-state index is 13.2. The van der Waals surface area contributed by atoms with Crippen molar-refractivity contribution in [2.24, 2.45) is 11.8 Å². The van der Waals surface area contributed by atoms with E-state index < -0.39 is 5.92 Å². The second kappa shape index (κ2) is 13.1. The highest BCUT2D eigenvalue weighted by molar-refractivity contribution is 6.30. The summed E-state index contributed by atoms with van der Waals surface area (Å²) >= 11 is 0. The lowest BCUT2D eigenvalue weighted by atomic mass is 9.71. The molecule has 5 rings (SSSR count). The van der Waals surface area contributed by atoms with Gasteiger partial charge in [0, 0.05) is 36.8 Å². The minimum absolute atomic E-state index is 0.0281. The third-order valence-electron chi connectivity index (χ3n) is 8.68. The molecule has 0 aliphatic heterocycles. The Bertz CT molecular complexity index is 1610. The second-order valence-corrected chi connectivity index (χ2v) is 10.8. The topological polar surface area (TPSA) is 80.9 Å². The Hall–Kier alpha value is -4.72. The number of ether oxygens (including phenoxy) is 1. The summed E-state index contributed by atoms with van der Waals surface area (Å²) in [4.78, 5) is 18.8. The first-order valence-corrected chi connectivity index (χ1v) is 15.0. The van der Waals surface area contributed by atoms with Gasteiger partial charge in [0.05, 0.1) is 30.2 Å². The van der Waals surface area contributed by atoms with Crippen LogP contribution in [0.15, 0.2) is 84.3 Å². The number of nitrogens with zero attached hydrogens (tertiary/aromatic N) is 4. The van der Waals surface area contributed by atoms with Crippen LogP contribution in [0, 0.1) is 29.7 Å². The first-order valence-electron chi connectivity index (χ1n) is 15.0. The van der Waals surface area contributed by atoms with Crippen molar-refractivity contribution >= 4 is 28.3 Å². The summed E-state index contributed by atoms with van der Waals surface area (Å²) in [7, 11) is 0. The maximum Gasteiger partial charge on any atom is 0.265 e. The zero-order chi connectivity index (χ0) is 30.5. The van der Waals surface area contributed by atoms with E-state index in [1.165, 1.54) is 0 Å². The molecule has 2 aromatic carbocycles. The third kappa shape index (κ3) is 5.69. The molecule has 0 spiro atoms. The molecule has 1 N–H and O–H groups in total. The largest absolute Gasteiger partial charge is 0.511 e. The zero-order valence-electron chi connectivity index (χ0n) is 25.0. The molecular formula is C36H37N4O3+. The Morgan fingerprint density at radius 2 is 1.81 bits per heavy atom. The lowest BCUT2D eigenvalue weighted by molar-refractivity contribution is -0.526. The van der Waals surface area contributed by atoms with Crippen molar-refractivity contribution in [1.82, 2.24) is 0 Å². The maximum absolute atomic E-state index is 13.2. The monoisotopic (exact) mass is 573 g/mol. The van der Waals surface area contributed by atoms with Gasteiger partial charge >= 0.3 is 0 Å². The van der Waals surface area contributed by atoms with E-state index in [9.17, 15) is 15.2 Å². The number of carbonyl (C=O) groups is 1. The number of benzene rings is 2. The van der Waals surface area contributed by atoms with E-state index in [-0.39, 0.29) is 29.3 Å². The quantitative estimate of drug-likeness (QED) is 0.199. The molecule has 218 valence electrons. The Kier molecular flexibility index (Phi) is 9.04. The summed E-state index contributed by atoms with van der Waals surface area (Å²) in [5.41, 5.74) is 6.13. The Balaban J connectivity index is 1.23. The second-order valence-electron chi connectivity index (χ2n) is 10.8. The van der Waals surface area contributed by atoms with Crippen LogP contribution in [-0.2, 0) is 9.53 Å². The first kappa shape index (κ1) is 29.8. The van der Waals surface area contributed by atoms with Crippen LogP contribution in [0.3, 0.4) is 0 Å². The molecule has 2 atom stereocenters. The predicted octanol–water partition coefficient (Wildman–Crippen LogP) is 6.53. The summed E-state index contributed by atoms with van der Waals surface area (Å²) in [5, 5.41) is 20.3. The molecule has 43 heavy (non-hydrogen) atoms. The van der Waals surface area contributed by atoms with Crippen molar-refractivity contribution in [1.29, 1.82) is 5.26 Å². The van der Waals surface area contributed by atoms with Crippen LogP contribution in [0.1, 0.15) is 50.0 Å². The van der Waals surface area contributed by atoms with Crippen LogP contribution >= 0.6 is 0 Å². The van der Waals surface area contributed by atoms with Gasteiger partial charge in [-0.2, -0.15) is 0 Å². The van der Waals surface area contributed by atoms with Crippen LogP contribution in [-0.4, -0.2) is 54.0 Å². The molecule has 0 fully saturated rings. The molecular weight excluding hydrogens is 536 g/mol. The standard InChI is InChI=1S/C36H36N4O3/c1-5-39(6-2)26-16-12-24(13-17-26)33-35(41)34(36(33)42)25-14-18-27(19-15-25)40(7-3)20-21-43-32-22-30(31(23-37)38-4)28-10-8-9-11-29(28)32/h8-19,25,32,34H,5-7,20-22H2,1-3H3/p+1/b31-30+,40-27?. The molecule has 3 aliphatic rings. The summed E-state index contributed by atoms with van der Waals surface area (Å²) in [6.07, 6.45) is 8.36. The highest BCUT2D eigenvalue weighted by Gasteiger charge is 2.44. The summed E-state index contributed by atoms with van der Waals surface area (Å²) in [6.45, 7) is 17.4. The molecule has 0 radical (unpaired) electrons. The van der Waals surface area contributed by atoms with Gasteiger partial charge in [-0.25, -0.2) is 14.7 Å². The Labute approximate surface area is 253 Å². The molecule has 0 saturated heterocycles. The fourth-order valence-corrected chi connectivity index (χ4v) is 6.30. The van der Waals surface area contributed by atoms with Gasteiger partial charge in [-0.1, -0.05) is 48.6 Å². The first-order chi connectivity index (χ1) is 20.9. The van der Waals surface area contributed by atoms with E-state index in [0.717, 1.165) is 53.3 Å². The third-order valence-corrected chi connectivity index (χ3v) is 8.68. The normalized spacial score (nSPS) is 21.7. The van der Waals surface area contributed by atoms with Crippen molar-refractivity contribution < 1.29 is 19.2 Å². The van der Waals surface area contributed by atoms with Gasteiger partial charge < -0.3 is 14.7 Å². The van der Waals surface area contributed by atoms with Gasteiger partial charge in [0.1, 0.15) is 18.9 Å². The molecule has 7 heteroatoms. The number of hydrogen-bond acceptors (Lipinski definition) is 5. The molecule has 0 amide bonds. The number of hydrogen-bond donors (Lipinski definition) is 1. The lowest BCUT2D eigenvalue weighted by Crippen LogP contribution is -2.36. The number of carbonyl (C=O) groups excluding carboxylic acids is 1. The number of aliphatic hydroxyl groups is 1. The van der Waals surface area contributed by atoms with Crippen LogP contribution in [0.5, 0.6) is 0 Å². The van der Waals surface area contributed by atoms with E-state index >= 15 is 0 Å². The zero-order valence-corrected chi connectivity index (χ0v) is 25.0. The molecule has 0 aromatic heterocycles. The number of likely N-dealkylation sites (N-methyl/N-ethyl adjacent to an activating group) is 1. The number of aliphatic hydroxyl groups excluding tert-OH is 1. The van der Waals surface area contributed by atoms with Crippen LogP contribution < -0.4 is 4.90 Å². The van der Waals surface area contributed by atoms with Crippen LogP contribution in [0.25, 0.3) is 16.0 Å². The van der Waals surface area contributed by atoms with Crippen LogP contribution in [0.2, 0.25) is 0 Å². The minimum Gasteiger partial charge on any atom is -0.511 e. The summed E-state index contributed by atoms with van der Waals surface area (Å²) < 4.78 is 8.50. The van der Waals surface area contributed by atoms with Gasteiger partial charge in [0.25, 0.3) is 5.70 Å². The van der Waals surface area contributed by atoms with Crippen molar-refractivity contribution in [3.05, 3.63) is 112 Å². The van der Waals surface area contributed by atoms with Gasteiger partial charge in [-0.3, -0.25) is 4.79 Å². The Morgan fingerprint density at radius 3 is 2.42 bits per heavy atom. The molecule has 0 heterocycles. The molecule has 7 nitrogen and oxygen atoms in total. The number of ketones is 1. The number of anilines is 1. The van der Waals surface area contributed by atoms with Crippen LogP contribution in [0.4, 0.5) is 5.69 Å². The van der Waals surface area contributed by atoms with E-state index in [1.54, 1.807) is 0 Å². The minimum atomic E-state index is -0.552. The van der Waals surface area contributed by atoms with Gasteiger partial charge in [0.15, 0.2) is 18.0 Å². The van der Waals surface area contributed by atoms with Gasteiger partial charge in [0.2, 0.25) is 0 Å². The molecule has 3 aliphatic carbocycles. The predicted molar refractivity (Wildman–Crippen MR) is 169 cm³/mol. The van der Waals surface area contributed by atoms with Gasteiger partial charge in [-0.05, 0) is 61.6 Å². The molecule has 0 saturated carbocycles. The SMILES string of the molecule is [C-]#[N+]/C(C#N)=C1\CC(OCC[N+](CC)=C2C=CC(C3C(=O)C(c4ccc(N(CC)CC)cc4)=C3O)C=C2)c2ccccc21. The Morgan fingerprint density at radius 1 is 1.12 bits per heavy atom. The fourth-order valence-electron chi connectivity index (χ4n) is 6.30. The highest BCUT2D eigenvalue weighted by atomic mass is 16.5. The number of rotatable bonds is 10. The number of Topliss-reactive ketones (excluding diaryl/α,β-unsaturated/α-hetero) is 1. The van der Waals surface area contributed by atoms with E-state index in [1.807, 2.05) is 78.9 Å². The average molecular weight is 574 g/mol. The van der Waals surface area contributed by atoms with E-state index in [2.05, 4.69) is 35.1 Å². The van der Waals surface area contributed by atoms with Crippen molar-refractivity contribution in [2.45, 2.75) is 33.3 Å². The van der Waals surface area contributed by atoms with Crippen molar-refractivity contribution in [3.8, 4) is 6.07 Å². The number of allylic oxidation sites excluding steroid dienone is 7. The smallest absolute Gasteiger partial charge is 0.265 e. The average Bonchev–Trinajstić information content (AvgIpc) is 3.40.